The molecule has 0 bridgehead atoms. The van der Waals surface area contributed by atoms with Gasteiger partial charge in [0.2, 0.25) is 0 Å². The van der Waals surface area contributed by atoms with Crippen LogP contribution in [-0.4, -0.2) is 17.1 Å². The number of rotatable bonds is 6. The highest BCUT2D eigenvalue weighted by Gasteiger charge is 2.14. The van der Waals surface area contributed by atoms with Gasteiger partial charge in [0.15, 0.2) is 0 Å². The summed E-state index contributed by atoms with van der Waals surface area (Å²) in [6.07, 6.45) is 0.159. The molecule has 0 amide bonds. The molecule has 1 unspecified atom stereocenters. The summed E-state index contributed by atoms with van der Waals surface area (Å²) < 4.78 is 12.0. The third-order valence-corrected chi connectivity index (χ3v) is 3.13. The molecule has 0 aliphatic rings. The van der Waals surface area contributed by atoms with Gasteiger partial charge in [0.1, 0.15) is 29.9 Å². The summed E-state index contributed by atoms with van der Waals surface area (Å²) >= 11 is 3.36. The molecule has 20 heavy (non-hydrogen) atoms. The van der Waals surface area contributed by atoms with Crippen LogP contribution >= 0.6 is 15.9 Å². The van der Waals surface area contributed by atoms with Crippen molar-refractivity contribution in [3.63, 3.8) is 0 Å². The minimum atomic E-state index is -1.05. The van der Waals surface area contributed by atoms with Crippen molar-refractivity contribution in [3.05, 3.63) is 52.4 Å². The third-order valence-electron chi connectivity index (χ3n) is 2.63. The van der Waals surface area contributed by atoms with E-state index in [9.17, 15) is 4.79 Å². The monoisotopic (exact) mass is 339 g/mol. The number of carboxylic acids is 1. The van der Waals surface area contributed by atoms with Crippen LogP contribution in [0, 0.1) is 0 Å². The van der Waals surface area contributed by atoms with E-state index in [4.69, 9.17) is 20.0 Å². The van der Waals surface area contributed by atoms with Crippen molar-refractivity contribution in [1.82, 2.24) is 0 Å². The SMILES string of the molecule is NC(Cc1ccc(COc2cccc(Br)c2)o1)C(=O)O. The van der Waals surface area contributed by atoms with Gasteiger partial charge in [-0.05, 0) is 30.3 Å². The molecule has 0 saturated carbocycles. The molecular formula is C14H14BrNO4. The highest BCUT2D eigenvalue weighted by atomic mass is 79.9. The van der Waals surface area contributed by atoms with Gasteiger partial charge in [-0.1, -0.05) is 22.0 Å². The largest absolute Gasteiger partial charge is 0.486 e. The van der Waals surface area contributed by atoms with Gasteiger partial charge >= 0.3 is 5.97 Å². The van der Waals surface area contributed by atoms with Crippen LogP contribution in [0.15, 0.2) is 45.3 Å². The zero-order chi connectivity index (χ0) is 14.5. The van der Waals surface area contributed by atoms with E-state index in [1.165, 1.54) is 0 Å². The second kappa shape index (κ2) is 6.58. The molecule has 1 aromatic heterocycles. The Hall–Kier alpha value is -1.79. The molecule has 2 rings (SSSR count). The quantitative estimate of drug-likeness (QED) is 0.844. The maximum Gasteiger partial charge on any atom is 0.320 e. The molecule has 0 spiro atoms. The second-order valence-electron chi connectivity index (χ2n) is 4.26. The summed E-state index contributed by atoms with van der Waals surface area (Å²) in [5.74, 6) is 0.832. The van der Waals surface area contributed by atoms with Crippen molar-refractivity contribution in [1.29, 1.82) is 0 Å². The van der Waals surface area contributed by atoms with Crippen molar-refractivity contribution in [3.8, 4) is 5.75 Å². The molecule has 0 aliphatic carbocycles. The van der Waals surface area contributed by atoms with Crippen LogP contribution in [0.2, 0.25) is 0 Å². The first-order valence-corrected chi connectivity index (χ1v) is 6.78. The number of hydrogen-bond donors (Lipinski definition) is 2. The zero-order valence-corrected chi connectivity index (χ0v) is 12.2. The van der Waals surface area contributed by atoms with Gasteiger partial charge in [0.25, 0.3) is 0 Å². The minimum absolute atomic E-state index is 0.159. The number of hydrogen-bond acceptors (Lipinski definition) is 4. The minimum Gasteiger partial charge on any atom is -0.486 e. The molecule has 0 aliphatic heterocycles. The molecule has 0 radical (unpaired) electrons. The van der Waals surface area contributed by atoms with E-state index in [1.54, 1.807) is 12.1 Å². The van der Waals surface area contributed by atoms with E-state index in [1.807, 2.05) is 24.3 Å². The summed E-state index contributed by atoms with van der Waals surface area (Å²) in [6, 6.07) is 9.98. The highest BCUT2D eigenvalue weighted by Crippen LogP contribution is 2.19. The zero-order valence-electron chi connectivity index (χ0n) is 10.6. The molecule has 0 saturated heterocycles. The van der Waals surface area contributed by atoms with Crippen LogP contribution in [-0.2, 0) is 17.8 Å². The van der Waals surface area contributed by atoms with Crippen LogP contribution < -0.4 is 10.5 Å². The summed E-state index contributed by atoms with van der Waals surface area (Å²) in [7, 11) is 0. The number of ether oxygens (including phenoxy) is 1. The lowest BCUT2D eigenvalue weighted by Gasteiger charge is -2.05. The predicted molar refractivity (Wildman–Crippen MR) is 76.5 cm³/mol. The number of aliphatic carboxylic acids is 1. The molecule has 2 aromatic rings. The van der Waals surface area contributed by atoms with Gasteiger partial charge in [0, 0.05) is 10.9 Å². The van der Waals surface area contributed by atoms with Crippen LogP contribution in [0.3, 0.4) is 0 Å². The molecule has 1 heterocycles. The number of furan rings is 1. The van der Waals surface area contributed by atoms with E-state index in [-0.39, 0.29) is 13.0 Å². The average Bonchev–Trinajstić information content (AvgIpc) is 2.84. The Balaban J connectivity index is 1.91. The third kappa shape index (κ3) is 4.11. The Kier molecular flexibility index (Phi) is 4.81. The fourth-order valence-corrected chi connectivity index (χ4v) is 2.00. The van der Waals surface area contributed by atoms with Crippen LogP contribution in [0.1, 0.15) is 11.5 Å². The van der Waals surface area contributed by atoms with E-state index in [0.717, 1.165) is 10.2 Å². The molecule has 6 heteroatoms. The molecule has 5 nitrogen and oxygen atoms in total. The molecule has 1 aromatic carbocycles. The highest BCUT2D eigenvalue weighted by molar-refractivity contribution is 9.10. The number of carbonyl (C=O) groups is 1. The predicted octanol–water partition coefficient (Wildman–Crippen LogP) is 2.58. The Morgan fingerprint density at radius 3 is 2.80 bits per heavy atom. The normalized spacial score (nSPS) is 12.1. The van der Waals surface area contributed by atoms with E-state index in [2.05, 4.69) is 15.9 Å². The van der Waals surface area contributed by atoms with Gasteiger partial charge < -0.3 is 20.0 Å². The Morgan fingerprint density at radius 1 is 1.35 bits per heavy atom. The number of nitrogens with two attached hydrogens (primary N) is 1. The number of halogens is 1. The van der Waals surface area contributed by atoms with Crippen LogP contribution in [0.25, 0.3) is 0 Å². The fourth-order valence-electron chi connectivity index (χ4n) is 1.62. The van der Waals surface area contributed by atoms with Gasteiger partial charge in [0.05, 0.1) is 0 Å². The van der Waals surface area contributed by atoms with Crippen molar-refractivity contribution in [2.45, 2.75) is 19.1 Å². The lowest BCUT2D eigenvalue weighted by Crippen LogP contribution is -2.32. The van der Waals surface area contributed by atoms with Crippen molar-refractivity contribution >= 4 is 21.9 Å². The van der Waals surface area contributed by atoms with Crippen LogP contribution in [0.5, 0.6) is 5.75 Å². The first kappa shape index (κ1) is 14.6. The van der Waals surface area contributed by atoms with Gasteiger partial charge in [-0.3, -0.25) is 4.79 Å². The standard InChI is InChI=1S/C14H14BrNO4/c15-9-2-1-3-10(6-9)19-8-12-5-4-11(20-12)7-13(16)14(17)18/h1-6,13H,7-8,16H2,(H,17,18). The molecule has 0 fully saturated rings. The summed E-state index contributed by atoms with van der Waals surface area (Å²) in [4.78, 5) is 10.7. The van der Waals surface area contributed by atoms with Crippen molar-refractivity contribution in [2.75, 3.05) is 0 Å². The van der Waals surface area contributed by atoms with Crippen molar-refractivity contribution < 1.29 is 19.1 Å². The number of carboxylic acid groups (broad SMARTS) is 1. The van der Waals surface area contributed by atoms with E-state index >= 15 is 0 Å². The van der Waals surface area contributed by atoms with Gasteiger partial charge in [-0.25, -0.2) is 0 Å². The fraction of sp³-hybridized carbons (Fsp3) is 0.214. The van der Waals surface area contributed by atoms with E-state index in [0.29, 0.717) is 11.5 Å². The topological polar surface area (TPSA) is 85.7 Å². The Morgan fingerprint density at radius 2 is 2.10 bits per heavy atom. The lowest BCUT2D eigenvalue weighted by atomic mass is 10.2. The molecular weight excluding hydrogens is 326 g/mol. The molecule has 106 valence electrons. The average molecular weight is 340 g/mol. The van der Waals surface area contributed by atoms with Gasteiger partial charge in [-0.2, -0.15) is 0 Å². The van der Waals surface area contributed by atoms with Crippen LogP contribution in [0.4, 0.5) is 0 Å². The van der Waals surface area contributed by atoms with E-state index < -0.39 is 12.0 Å². The first-order chi connectivity index (χ1) is 9.54. The smallest absolute Gasteiger partial charge is 0.320 e. The lowest BCUT2D eigenvalue weighted by molar-refractivity contribution is -0.138. The Bertz CT molecular complexity index is 596. The second-order valence-corrected chi connectivity index (χ2v) is 5.18. The first-order valence-electron chi connectivity index (χ1n) is 5.99. The van der Waals surface area contributed by atoms with Gasteiger partial charge in [-0.15, -0.1) is 0 Å². The Labute approximate surface area is 124 Å². The maximum absolute atomic E-state index is 10.7. The molecule has 3 N–H and O–H groups in total. The maximum atomic E-state index is 10.7. The number of benzene rings is 1. The summed E-state index contributed by atoms with van der Waals surface area (Å²) in [5.41, 5.74) is 5.44. The van der Waals surface area contributed by atoms with Crippen molar-refractivity contribution in [2.24, 2.45) is 5.73 Å². The summed E-state index contributed by atoms with van der Waals surface area (Å²) in [5, 5.41) is 8.73. The summed E-state index contributed by atoms with van der Waals surface area (Å²) in [6.45, 7) is 0.277. The molecule has 1 atom stereocenters.